The normalized spacial score (nSPS) is 14.1. The molecular weight excluding hydrogens is 236 g/mol. The van der Waals surface area contributed by atoms with E-state index in [1.165, 1.54) is 5.69 Å². The summed E-state index contributed by atoms with van der Waals surface area (Å²) in [7, 11) is 6.28. The van der Waals surface area contributed by atoms with E-state index < -0.39 is 0 Å². The largest absolute Gasteiger partial charge is 0.326 e. The fourth-order valence-corrected chi connectivity index (χ4v) is 3.09. The van der Waals surface area contributed by atoms with E-state index in [0.29, 0.717) is 0 Å². The average molecular weight is 266 g/mol. The van der Waals surface area contributed by atoms with Gasteiger partial charge in [0.05, 0.1) is 5.69 Å². The van der Waals surface area contributed by atoms with Crippen LogP contribution in [0.2, 0.25) is 0 Å². The number of aromatic nitrogens is 2. The summed E-state index contributed by atoms with van der Waals surface area (Å²) in [5.74, 6) is 0. The van der Waals surface area contributed by atoms with Crippen molar-refractivity contribution in [3.63, 3.8) is 0 Å². The second-order valence-corrected chi connectivity index (χ2v) is 5.62. The number of likely N-dealkylation sites (N-methyl/N-ethyl adjacent to an activating group) is 1. The highest BCUT2D eigenvalue weighted by Gasteiger charge is 2.35. The summed E-state index contributed by atoms with van der Waals surface area (Å²) in [4.78, 5) is 2.29. The summed E-state index contributed by atoms with van der Waals surface area (Å²) in [5, 5.41) is 4.51. The summed E-state index contributed by atoms with van der Waals surface area (Å²) in [6.45, 7) is 6.59. The first-order valence-electron chi connectivity index (χ1n) is 7.36. The van der Waals surface area contributed by atoms with Crippen molar-refractivity contribution in [3.05, 3.63) is 17.5 Å². The Labute approximate surface area is 118 Å². The lowest BCUT2D eigenvalue weighted by Crippen LogP contribution is -2.57. The first-order valence-corrected chi connectivity index (χ1v) is 7.36. The van der Waals surface area contributed by atoms with Gasteiger partial charge in [0.1, 0.15) is 0 Å². The Balaban J connectivity index is 2.93. The van der Waals surface area contributed by atoms with Gasteiger partial charge in [-0.1, -0.05) is 20.8 Å². The summed E-state index contributed by atoms with van der Waals surface area (Å²) in [6.07, 6.45) is 3.99. The molecule has 0 aromatic carbocycles. The molecule has 1 unspecified atom stereocenters. The zero-order valence-electron chi connectivity index (χ0n) is 13.4. The SMILES string of the molecule is CCc1cc(CC(N)C(CC)(CC)N(C)C)n(C)n1. The van der Waals surface area contributed by atoms with Crippen LogP contribution in [0.5, 0.6) is 0 Å². The molecule has 4 nitrogen and oxygen atoms in total. The third kappa shape index (κ3) is 3.18. The van der Waals surface area contributed by atoms with Crippen molar-refractivity contribution in [3.8, 4) is 0 Å². The Kier molecular flexibility index (Phi) is 5.56. The van der Waals surface area contributed by atoms with Crippen LogP contribution in [0, 0.1) is 0 Å². The van der Waals surface area contributed by atoms with Crippen molar-refractivity contribution < 1.29 is 0 Å². The third-order valence-electron chi connectivity index (χ3n) is 4.62. The molecule has 1 aromatic rings. The van der Waals surface area contributed by atoms with Gasteiger partial charge >= 0.3 is 0 Å². The van der Waals surface area contributed by atoms with Gasteiger partial charge in [-0.15, -0.1) is 0 Å². The van der Waals surface area contributed by atoms with Gasteiger partial charge in [-0.25, -0.2) is 0 Å². The fourth-order valence-electron chi connectivity index (χ4n) is 3.09. The van der Waals surface area contributed by atoms with Gasteiger partial charge < -0.3 is 10.6 Å². The van der Waals surface area contributed by atoms with Gasteiger partial charge in [0.25, 0.3) is 0 Å². The van der Waals surface area contributed by atoms with Crippen molar-refractivity contribution >= 4 is 0 Å². The monoisotopic (exact) mass is 266 g/mol. The second kappa shape index (κ2) is 6.53. The van der Waals surface area contributed by atoms with Gasteiger partial charge in [-0.05, 0) is 39.4 Å². The molecule has 1 heterocycles. The first kappa shape index (κ1) is 16.2. The minimum atomic E-state index is 0.0661. The molecule has 0 aliphatic heterocycles. The van der Waals surface area contributed by atoms with Crippen molar-refractivity contribution in [2.75, 3.05) is 14.1 Å². The zero-order valence-corrected chi connectivity index (χ0v) is 13.4. The van der Waals surface area contributed by atoms with E-state index in [2.05, 4.69) is 50.9 Å². The quantitative estimate of drug-likeness (QED) is 0.821. The van der Waals surface area contributed by atoms with Gasteiger partial charge in [0, 0.05) is 30.7 Å². The highest BCUT2D eigenvalue weighted by Crippen LogP contribution is 2.26. The van der Waals surface area contributed by atoms with E-state index in [9.17, 15) is 0 Å². The van der Waals surface area contributed by atoms with Gasteiger partial charge in [0.2, 0.25) is 0 Å². The number of nitrogens with two attached hydrogens (primary N) is 1. The van der Waals surface area contributed by atoms with Crippen LogP contribution in [-0.4, -0.2) is 40.4 Å². The number of nitrogens with zero attached hydrogens (tertiary/aromatic N) is 3. The number of hydrogen-bond donors (Lipinski definition) is 1. The van der Waals surface area contributed by atoms with E-state index in [4.69, 9.17) is 5.73 Å². The van der Waals surface area contributed by atoms with Crippen molar-refractivity contribution in [1.82, 2.24) is 14.7 Å². The minimum Gasteiger partial charge on any atom is -0.326 e. The second-order valence-electron chi connectivity index (χ2n) is 5.62. The molecule has 0 spiro atoms. The minimum absolute atomic E-state index is 0.0661. The molecular formula is C15H30N4. The molecule has 4 heteroatoms. The summed E-state index contributed by atoms with van der Waals surface area (Å²) >= 11 is 0. The molecule has 110 valence electrons. The van der Waals surface area contributed by atoms with Crippen molar-refractivity contribution in [2.45, 2.75) is 58.0 Å². The number of aryl methyl sites for hydroxylation is 2. The molecule has 1 atom stereocenters. The summed E-state index contributed by atoms with van der Waals surface area (Å²) < 4.78 is 1.98. The Morgan fingerprint density at radius 1 is 1.32 bits per heavy atom. The molecule has 0 radical (unpaired) electrons. The zero-order chi connectivity index (χ0) is 14.6. The van der Waals surface area contributed by atoms with Crippen LogP contribution in [0.4, 0.5) is 0 Å². The predicted octanol–water partition coefficient (Wildman–Crippen LogP) is 1.97. The Hall–Kier alpha value is -0.870. The van der Waals surface area contributed by atoms with Crippen LogP contribution in [0.3, 0.4) is 0 Å². The van der Waals surface area contributed by atoms with Crippen molar-refractivity contribution in [1.29, 1.82) is 0 Å². The fraction of sp³-hybridized carbons (Fsp3) is 0.800. The summed E-state index contributed by atoms with van der Waals surface area (Å²) in [6, 6.07) is 2.31. The predicted molar refractivity (Wildman–Crippen MR) is 81.3 cm³/mol. The van der Waals surface area contributed by atoms with Crippen LogP contribution in [0.15, 0.2) is 6.07 Å². The lowest BCUT2D eigenvalue weighted by atomic mass is 9.81. The molecule has 0 bridgehead atoms. The van der Waals surface area contributed by atoms with E-state index in [1.807, 2.05) is 11.7 Å². The third-order valence-corrected chi connectivity index (χ3v) is 4.62. The lowest BCUT2D eigenvalue weighted by Gasteiger charge is -2.43. The van der Waals surface area contributed by atoms with Crippen LogP contribution in [-0.2, 0) is 19.9 Å². The molecule has 1 aromatic heterocycles. The molecule has 0 aliphatic rings. The molecule has 2 N–H and O–H groups in total. The Morgan fingerprint density at radius 3 is 2.26 bits per heavy atom. The van der Waals surface area contributed by atoms with Gasteiger partial charge in [0.15, 0.2) is 0 Å². The molecule has 0 saturated carbocycles. The van der Waals surface area contributed by atoms with Gasteiger partial charge in [-0.2, -0.15) is 5.10 Å². The first-order chi connectivity index (χ1) is 8.91. The van der Waals surface area contributed by atoms with E-state index in [0.717, 1.165) is 31.4 Å². The molecule has 0 fully saturated rings. The lowest BCUT2D eigenvalue weighted by molar-refractivity contribution is 0.105. The maximum Gasteiger partial charge on any atom is 0.0624 e. The highest BCUT2D eigenvalue weighted by atomic mass is 15.3. The van der Waals surface area contributed by atoms with Crippen molar-refractivity contribution in [2.24, 2.45) is 12.8 Å². The Morgan fingerprint density at radius 2 is 1.89 bits per heavy atom. The standard InChI is InChI=1S/C15H30N4/c1-7-12-10-13(19(6)17-12)11-14(16)15(8-2,9-3)18(4)5/h10,14H,7-9,11,16H2,1-6H3. The highest BCUT2D eigenvalue weighted by molar-refractivity contribution is 5.13. The molecule has 19 heavy (non-hydrogen) atoms. The molecule has 1 rings (SSSR count). The molecule has 0 saturated heterocycles. The summed E-state index contributed by atoms with van der Waals surface area (Å²) in [5.41, 5.74) is 8.99. The topological polar surface area (TPSA) is 47.1 Å². The van der Waals surface area contributed by atoms with Crippen LogP contribution in [0.25, 0.3) is 0 Å². The van der Waals surface area contributed by atoms with E-state index in [1.54, 1.807) is 0 Å². The molecule has 0 aliphatic carbocycles. The Bertz CT molecular complexity index is 391. The van der Waals surface area contributed by atoms with Gasteiger partial charge in [-0.3, -0.25) is 4.68 Å². The van der Waals surface area contributed by atoms with Crippen LogP contribution in [0.1, 0.15) is 45.0 Å². The smallest absolute Gasteiger partial charge is 0.0624 e. The van der Waals surface area contributed by atoms with E-state index in [-0.39, 0.29) is 11.6 Å². The van der Waals surface area contributed by atoms with Crippen LogP contribution >= 0.6 is 0 Å². The van der Waals surface area contributed by atoms with E-state index >= 15 is 0 Å². The van der Waals surface area contributed by atoms with Crippen LogP contribution < -0.4 is 5.73 Å². The maximum absolute atomic E-state index is 6.54. The number of rotatable bonds is 7. The average Bonchev–Trinajstić information content (AvgIpc) is 2.72. The molecule has 0 amide bonds. The number of hydrogen-bond acceptors (Lipinski definition) is 3. The maximum atomic E-state index is 6.54.